The van der Waals surface area contributed by atoms with Crippen LogP contribution in [0.2, 0.25) is 0 Å². The fraction of sp³-hybridized carbons (Fsp3) is 0.0625. The highest BCUT2D eigenvalue weighted by Crippen LogP contribution is 2.28. The molecule has 4 heteroatoms. The van der Waals surface area contributed by atoms with Crippen molar-refractivity contribution in [1.82, 2.24) is 0 Å². The Balaban J connectivity index is 2.32. The molecule has 0 radical (unpaired) electrons. The van der Waals surface area contributed by atoms with E-state index in [9.17, 15) is 4.79 Å². The summed E-state index contributed by atoms with van der Waals surface area (Å²) in [6.07, 6.45) is 0. The van der Waals surface area contributed by atoms with Gasteiger partial charge in [0.05, 0.1) is 0 Å². The maximum absolute atomic E-state index is 12.2. The predicted octanol–water partition coefficient (Wildman–Crippen LogP) is 5.46. The zero-order valence-corrected chi connectivity index (χ0v) is 14.0. The van der Waals surface area contributed by atoms with E-state index < -0.39 is 0 Å². The van der Waals surface area contributed by atoms with Crippen LogP contribution < -0.4 is 5.32 Å². The molecule has 20 heavy (non-hydrogen) atoms. The van der Waals surface area contributed by atoms with Crippen LogP contribution in [0.4, 0.5) is 5.69 Å². The lowest BCUT2D eigenvalue weighted by molar-refractivity contribution is 0.102. The molecule has 2 rings (SSSR count). The zero-order valence-electron chi connectivity index (χ0n) is 10.9. The molecular formula is C16H13Br2NO. The highest BCUT2D eigenvalue weighted by atomic mass is 79.9. The zero-order chi connectivity index (χ0) is 14.5. The van der Waals surface area contributed by atoms with Gasteiger partial charge in [0.1, 0.15) is 0 Å². The molecular weight excluding hydrogens is 382 g/mol. The number of rotatable bonds is 3. The minimum atomic E-state index is -0.114. The minimum Gasteiger partial charge on any atom is -0.321 e. The van der Waals surface area contributed by atoms with Gasteiger partial charge in [-0.3, -0.25) is 4.79 Å². The van der Waals surface area contributed by atoms with Crippen molar-refractivity contribution < 1.29 is 4.79 Å². The van der Waals surface area contributed by atoms with Crippen LogP contribution >= 0.6 is 31.9 Å². The third kappa shape index (κ3) is 3.58. The van der Waals surface area contributed by atoms with E-state index in [0.29, 0.717) is 5.56 Å². The van der Waals surface area contributed by atoms with Crippen LogP contribution in [0.1, 0.15) is 22.8 Å². The van der Waals surface area contributed by atoms with E-state index in [2.05, 4.69) is 37.2 Å². The van der Waals surface area contributed by atoms with Crippen molar-refractivity contribution in [3.63, 3.8) is 0 Å². The largest absolute Gasteiger partial charge is 0.321 e. The second kappa shape index (κ2) is 6.86. The van der Waals surface area contributed by atoms with E-state index in [0.717, 1.165) is 21.3 Å². The van der Waals surface area contributed by atoms with Gasteiger partial charge in [-0.1, -0.05) is 50.1 Å². The summed E-state index contributed by atoms with van der Waals surface area (Å²) in [4.78, 5) is 14.0. The van der Waals surface area contributed by atoms with Gasteiger partial charge in [-0.15, -0.1) is 0 Å². The third-order valence-corrected chi connectivity index (χ3v) is 4.03. The summed E-state index contributed by atoms with van der Waals surface area (Å²) in [5, 5.41) is 2.95. The highest BCUT2D eigenvalue weighted by Gasteiger charge is 2.10. The molecule has 102 valence electrons. The van der Waals surface area contributed by atoms with Crippen molar-refractivity contribution in [2.45, 2.75) is 6.92 Å². The number of hydrogen-bond donors (Lipinski definition) is 1. The molecule has 0 fully saturated rings. The maximum Gasteiger partial charge on any atom is 0.255 e. The van der Waals surface area contributed by atoms with Crippen LogP contribution in [0.5, 0.6) is 0 Å². The van der Waals surface area contributed by atoms with Crippen LogP contribution in [0, 0.1) is 0 Å². The van der Waals surface area contributed by atoms with Gasteiger partial charge in [-0.05, 0) is 47.8 Å². The van der Waals surface area contributed by atoms with E-state index in [-0.39, 0.29) is 5.91 Å². The van der Waals surface area contributed by atoms with Gasteiger partial charge in [-0.25, -0.2) is 0 Å². The Hall–Kier alpha value is -1.39. The number of amides is 1. The standard InChI is InChI=1S/C16H13Br2NO/c1-11(10-17)14-9-13(18)7-8-15(14)19-16(20)12-5-3-2-4-6-12/h2-10H,1H3,(H,19,20)/b11-10+. The van der Waals surface area contributed by atoms with Gasteiger partial charge in [0.25, 0.3) is 5.91 Å². The van der Waals surface area contributed by atoms with Crippen molar-refractivity contribution in [3.8, 4) is 0 Å². The molecule has 0 aliphatic heterocycles. The quantitative estimate of drug-likeness (QED) is 0.735. The fourth-order valence-electron chi connectivity index (χ4n) is 1.79. The van der Waals surface area contributed by atoms with Gasteiger partial charge >= 0.3 is 0 Å². The van der Waals surface area contributed by atoms with Gasteiger partial charge < -0.3 is 5.32 Å². The number of nitrogens with one attached hydrogen (secondary N) is 1. The number of halogens is 2. The Labute approximate surface area is 135 Å². The number of benzene rings is 2. The van der Waals surface area contributed by atoms with Gasteiger partial charge in [0.2, 0.25) is 0 Å². The van der Waals surface area contributed by atoms with Crippen LogP contribution in [0.25, 0.3) is 5.57 Å². The lowest BCUT2D eigenvalue weighted by Crippen LogP contribution is -2.12. The van der Waals surface area contributed by atoms with Crippen LogP contribution in [0.15, 0.2) is 58.0 Å². The SMILES string of the molecule is C/C(=C\Br)c1cc(Br)ccc1NC(=O)c1ccccc1. The summed E-state index contributed by atoms with van der Waals surface area (Å²) < 4.78 is 0.971. The molecule has 2 aromatic carbocycles. The van der Waals surface area contributed by atoms with Crippen LogP contribution in [-0.4, -0.2) is 5.91 Å². The third-order valence-electron chi connectivity index (χ3n) is 2.85. The first-order valence-electron chi connectivity index (χ1n) is 6.05. The second-order valence-corrected chi connectivity index (χ2v) is 5.68. The van der Waals surface area contributed by atoms with Crippen LogP contribution in [-0.2, 0) is 0 Å². The molecule has 0 atom stereocenters. The van der Waals surface area contributed by atoms with Gasteiger partial charge in [0, 0.05) is 21.3 Å². The second-order valence-electron chi connectivity index (χ2n) is 4.30. The van der Waals surface area contributed by atoms with Crippen molar-refractivity contribution >= 4 is 49.0 Å². The summed E-state index contributed by atoms with van der Waals surface area (Å²) in [6, 6.07) is 14.9. The summed E-state index contributed by atoms with van der Waals surface area (Å²) in [6.45, 7) is 1.98. The molecule has 0 spiro atoms. The molecule has 0 saturated carbocycles. The number of hydrogen-bond acceptors (Lipinski definition) is 1. The molecule has 0 aromatic heterocycles. The summed E-state index contributed by atoms with van der Waals surface area (Å²) >= 11 is 6.78. The fourth-order valence-corrected chi connectivity index (χ4v) is 2.40. The van der Waals surface area contributed by atoms with E-state index in [1.165, 1.54) is 0 Å². The summed E-state index contributed by atoms with van der Waals surface area (Å²) in [5.41, 5.74) is 3.44. The molecule has 0 aliphatic rings. The summed E-state index contributed by atoms with van der Waals surface area (Å²) in [5.74, 6) is -0.114. The van der Waals surface area contributed by atoms with Crippen molar-refractivity contribution in [1.29, 1.82) is 0 Å². The Kier molecular flexibility index (Phi) is 5.15. The van der Waals surface area contributed by atoms with Crippen molar-refractivity contribution in [2.24, 2.45) is 0 Å². The molecule has 1 N–H and O–H groups in total. The van der Waals surface area contributed by atoms with Gasteiger partial charge in [-0.2, -0.15) is 0 Å². The monoisotopic (exact) mass is 393 g/mol. The number of anilines is 1. The number of carbonyl (C=O) groups excluding carboxylic acids is 1. The number of allylic oxidation sites excluding steroid dienone is 1. The molecule has 2 nitrogen and oxygen atoms in total. The summed E-state index contributed by atoms with van der Waals surface area (Å²) in [7, 11) is 0. The molecule has 0 bridgehead atoms. The Morgan fingerprint density at radius 1 is 1.15 bits per heavy atom. The lowest BCUT2D eigenvalue weighted by atomic mass is 10.1. The Morgan fingerprint density at radius 2 is 1.85 bits per heavy atom. The first-order chi connectivity index (χ1) is 9.61. The normalized spacial score (nSPS) is 11.2. The Bertz CT molecular complexity index is 651. The van der Waals surface area contributed by atoms with E-state index in [1.807, 2.05) is 48.3 Å². The maximum atomic E-state index is 12.2. The molecule has 2 aromatic rings. The Morgan fingerprint density at radius 3 is 2.50 bits per heavy atom. The molecule has 0 aliphatic carbocycles. The molecule has 0 heterocycles. The molecule has 1 amide bonds. The first kappa shape index (κ1) is 15.0. The molecule has 0 saturated heterocycles. The first-order valence-corrected chi connectivity index (χ1v) is 7.76. The van der Waals surface area contributed by atoms with Gasteiger partial charge in [0.15, 0.2) is 0 Å². The van der Waals surface area contributed by atoms with E-state index in [1.54, 1.807) is 12.1 Å². The predicted molar refractivity (Wildman–Crippen MR) is 91.1 cm³/mol. The smallest absolute Gasteiger partial charge is 0.255 e. The van der Waals surface area contributed by atoms with Crippen molar-refractivity contribution in [2.75, 3.05) is 5.32 Å². The highest BCUT2D eigenvalue weighted by molar-refractivity contribution is 9.11. The average Bonchev–Trinajstić information content (AvgIpc) is 2.49. The number of carbonyl (C=O) groups is 1. The minimum absolute atomic E-state index is 0.114. The van der Waals surface area contributed by atoms with Crippen molar-refractivity contribution in [3.05, 3.63) is 69.1 Å². The topological polar surface area (TPSA) is 29.1 Å². The van der Waals surface area contributed by atoms with Crippen LogP contribution in [0.3, 0.4) is 0 Å². The average molecular weight is 395 g/mol. The van der Waals surface area contributed by atoms with E-state index in [4.69, 9.17) is 0 Å². The molecule has 0 unspecified atom stereocenters. The van der Waals surface area contributed by atoms with E-state index >= 15 is 0 Å². The lowest BCUT2D eigenvalue weighted by Gasteiger charge is -2.12.